The number of aromatic nitrogens is 2. The number of hydrogen-bond donors (Lipinski definition) is 2. The number of halogens is 2. The molecule has 0 fully saturated rings. The normalized spacial score (nSPS) is 11.1. The summed E-state index contributed by atoms with van der Waals surface area (Å²) in [7, 11) is 0. The SMILES string of the molecule is CC(C)c1cc(-c2cc(N)n[nH]2)c(F)cc1F. The molecular formula is C12H13F2N3. The molecule has 0 saturated carbocycles. The average molecular weight is 237 g/mol. The monoisotopic (exact) mass is 237 g/mol. The van der Waals surface area contributed by atoms with Crippen LogP contribution in [-0.2, 0) is 0 Å². The Labute approximate surface area is 97.7 Å². The lowest BCUT2D eigenvalue weighted by atomic mass is 9.98. The van der Waals surface area contributed by atoms with Crippen molar-refractivity contribution >= 4 is 5.82 Å². The first-order valence-electron chi connectivity index (χ1n) is 5.29. The van der Waals surface area contributed by atoms with Crippen molar-refractivity contribution in [2.24, 2.45) is 0 Å². The lowest BCUT2D eigenvalue weighted by Crippen LogP contribution is -1.97. The van der Waals surface area contributed by atoms with E-state index in [1.165, 1.54) is 12.1 Å². The molecule has 0 amide bonds. The number of H-pyrrole nitrogens is 1. The number of nitrogens with two attached hydrogens (primary N) is 1. The molecule has 3 N–H and O–H groups in total. The van der Waals surface area contributed by atoms with E-state index in [4.69, 9.17) is 5.73 Å². The van der Waals surface area contributed by atoms with Crippen molar-refractivity contribution in [1.29, 1.82) is 0 Å². The molecule has 0 aliphatic carbocycles. The van der Waals surface area contributed by atoms with Gasteiger partial charge in [-0.05, 0) is 17.5 Å². The molecule has 1 aromatic carbocycles. The summed E-state index contributed by atoms with van der Waals surface area (Å²) < 4.78 is 27.2. The van der Waals surface area contributed by atoms with Gasteiger partial charge in [0.25, 0.3) is 0 Å². The predicted octanol–water partition coefficient (Wildman–Crippen LogP) is 3.06. The molecular weight excluding hydrogens is 224 g/mol. The van der Waals surface area contributed by atoms with E-state index >= 15 is 0 Å². The number of benzene rings is 1. The second-order valence-electron chi connectivity index (χ2n) is 4.21. The van der Waals surface area contributed by atoms with Crippen LogP contribution in [0.1, 0.15) is 25.3 Å². The van der Waals surface area contributed by atoms with Gasteiger partial charge in [-0.2, -0.15) is 5.10 Å². The Morgan fingerprint density at radius 1 is 1.18 bits per heavy atom. The standard InChI is InChI=1S/C12H13F2N3/c1-6(2)7-3-8(10(14)4-9(7)13)11-5-12(15)17-16-11/h3-6H,1-2H3,(H3,15,16,17). The number of aromatic amines is 1. The van der Waals surface area contributed by atoms with Crippen LogP contribution in [0.5, 0.6) is 0 Å². The molecule has 90 valence electrons. The first-order valence-corrected chi connectivity index (χ1v) is 5.29. The van der Waals surface area contributed by atoms with Crippen molar-refractivity contribution in [2.45, 2.75) is 19.8 Å². The molecule has 2 rings (SSSR count). The highest BCUT2D eigenvalue weighted by atomic mass is 19.1. The molecule has 0 unspecified atom stereocenters. The minimum absolute atomic E-state index is 0.0189. The van der Waals surface area contributed by atoms with Crippen LogP contribution in [0, 0.1) is 11.6 Å². The molecule has 0 spiro atoms. The van der Waals surface area contributed by atoms with Crippen molar-refractivity contribution in [2.75, 3.05) is 5.73 Å². The summed E-state index contributed by atoms with van der Waals surface area (Å²) in [5.41, 5.74) is 6.65. The summed E-state index contributed by atoms with van der Waals surface area (Å²) >= 11 is 0. The van der Waals surface area contributed by atoms with Gasteiger partial charge in [0.1, 0.15) is 17.5 Å². The lowest BCUT2D eigenvalue weighted by Gasteiger charge is -2.09. The Morgan fingerprint density at radius 3 is 2.41 bits per heavy atom. The van der Waals surface area contributed by atoms with E-state index in [9.17, 15) is 8.78 Å². The summed E-state index contributed by atoms with van der Waals surface area (Å²) in [6.07, 6.45) is 0. The van der Waals surface area contributed by atoms with Gasteiger partial charge in [0.15, 0.2) is 0 Å². The second-order valence-corrected chi connectivity index (χ2v) is 4.21. The van der Waals surface area contributed by atoms with Gasteiger partial charge in [-0.1, -0.05) is 13.8 Å². The third kappa shape index (κ3) is 2.13. The molecule has 1 aromatic heterocycles. The van der Waals surface area contributed by atoms with Crippen molar-refractivity contribution < 1.29 is 8.78 Å². The van der Waals surface area contributed by atoms with E-state index in [1.807, 2.05) is 13.8 Å². The Kier molecular flexibility index (Phi) is 2.83. The van der Waals surface area contributed by atoms with E-state index in [-0.39, 0.29) is 17.3 Å². The molecule has 0 aliphatic rings. The van der Waals surface area contributed by atoms with Crippen LogP contribution in [-0.4, -0.2) is 10.2 Å². The third-order valence-electron chi connectivity index (χ3n) is 2.60. The minimum Gasteiger partial charge on any atom is -0.382 e. The van der Waals surface area contributed by atoms with Crippen LogP contribution < -0.4 is 5.73 Å². The number of nitrogens with zero attached hydrogens (tertiary/aromatic N) is 1. The zero-order valence-corrected chi connectivity index (χ0v) is 9.59. The molecule has 2 aromatic rings. The van der Waals surface area contributed by atoms with Gasteiger partial charge in [-0.25, -0.2) is 8.78 Å². The predicted molar refractivity (Wildman–Crippen MR) is 62.4 cm³/mol. The maximum atomic E-state index is 13.7. The Balaban J connectivity index is 2.58. The number of nitrogen functional groups attached to an aromatic ring is 1. The summed E-state index contributed by atoms with van der Waals surface area (Å²) in [6.45, 7) is 3.70. The fourth-order valence-corrected chi connectivity index (χ4v) is 1.69. The van der Waals surface area contributed by atoms with Crippen LogP contribution in [0.25, 0.3) is 11.3 Å². The van der Waals surface area contributed by atoms with Gasteiger partial charge in [-0.3, -0.25) is 5.10 Å². The van der Waals surface area contributed by atoms with Gasteiger partial charge >= 0.3 is 0 Å². The summed E-state index contributed by atoms with van der Waals surface area (Å²) in [5.74, 6) is -0.909. The van der Waals surface area contributed by atoms with Crippen molar-refractivity contribution in [3.8, 4) is 11.3 Å². The fraction of sp³-hybridized carbons (Fsp3) is 0.250. The summed E-state index contributed by atoms with van der Waals surface area (Å²) in [5, 5.41) is 6.33. The molecule has 0 atom stereocenters. The molecule has 0 saturated heterocycles. The largest absolute Gasteiger partial charge is 0.382 e. The first kappa shape index (κ1) is 11.6. The number of rotatable bonds is 2. The van der Waals surface area contributed by atoms with Crippen LogP contribution in [0.3, 0.4) is 0 Å². The summed E-state index contributed by atoms with van der Waals surface area (Å²) in [4.78, 5) is 0. The number of hydrogen-bond acceptors (Lipinski definition) is 2. The second kappa shape index (κ2) is 4.16. The van der Waals surface area contributed by atoms with Gasteiger partial charge in [0, 0.05) is 17.7 Å². The Hall–Kier alpha value is -1.91. The first-order chi connectivity index (χ1) is 7.99. The zero-order chi connectivity index (χ0) is 12.6. The highest BCUT2D eigenvalue weighted by Crippen LogP contribution is 2.28. The van der Waals surface area contributed by atoms with Crippen LogP contribution in [0.4, 0.5) is 14.6 Å². The van der Waals surface area contributed by atoms with E-state index in [0.29, 0.717) is 11.3 Å². The Morgan fingerprint density at radius 2 is 1.88 bits per heavy atom. The van der Waals surface area contributed by atoms with Crippen LogP contribution >= 0.6 is 0 Å². The Bertz CT molecular complexity index is 547. The highest BCUT2D eigenvalue weighted by molar-refractivity contribution is 5.63. The van der Waals surface area contributed by atoms with E-state index < -0.39 is 11.6 Å². The van der Waals surface area contributed by atoms with Crippen molar-refractivity contribution in [1.82, 2.24) is 10.2 Å². The van der Waals surface area contributed by atoms with Gasteiger partial charge in [0.2, 0.25) is 0 Å². The van der Waals surface area contributed by atoms with Gasteiger partial charge < -0.3 is 5.73 Å². The average Bonchev–Trinajstić information content (AvgIpc) is 2.64. The quantitative estimate of drug-likeness (QED) is 0.843. The van der Waals surface area contributed by atoms with E-state index in [1.54, 1.807) is 0 Å². The zero-order valence-electron chi connectivity index (χ0n) is 9.59. The molecule has 3 nitrogen and oxygen atoms in total. The molecule has 1 heterocycles. The molecule has 17 heavy (non-hydrogen) atoms. The fourth-order valence-electron chi connectivity index (χ4n) is 1.69. The number of anilines is 1. The summed E-state index contributed by atoms with van der Waals surface area (Å²) in [6, 6.07) is 3.89. The maximum Gasteiger partial charge on any atom is 0.145 e. The minimum atomic E-state index is -0.629. The van der Waals surface area contributed by atoms with Crippen LogP contribution in [0.2, 0.25) is 0 Å². The van der Waals surface area contributed by atoms with Gasteiger partial charge in [0.05, 0.1) is 5.69 Å². The molecule has 0 bridgehead atoms. The topological polar surface area (TPSA) is 54.7 Å². The van der Waals surface area contributed by atoms with Crippen molar-refractivity contribution in [3.05, 3.63) is 35.4 Å². The molecule has 0 radical (unpaired) electrons. The van der Waals surface area contributed by atoms with Gasteiger partial charge in [-0.15, -0.1) is 0 Å². The molecule has 5 heteroatoms. The third-order valence-corrected chi connectivity index (χ3v) is 2.60. The maximum absolute atomic E-state index is 13.7. The number of nitrogens with one attached hydrogen (secondary N) is 1. The van der Waals surface area contributed by atoms with Crippen molar-refractivity contribution in [3.63, 3.8) is 0 Å². The van der Waals surface area contributed by atoms with E-state index in [2.05, 4.69) is 10.2 Å². The molecule has 0 aliphatic heterocycles. The van der Waals surface area contributed by atoms with Crippen LogP contribution in [0.15, 0.2) is 18.2 Å². The van der Waals surface area contributed by atoms with E-state index in [0.717, 1.165) is 6.07 Å². The smallest absolute Gasteiger partial charge is 0.145 e. The highest BCUT2D eigenvalue weighted by Gasteiger charge is 2.15. The lowest BCUT2D eigenvalue weighted by molar-refractivity contribution is 0.566.